The van der Waals surface area contributed by atoms with E-state index in [4.69, 9.17) is 10.00 Å². The van der Waals surface area contributed by atoms with Crippen molar-refractivity contribution in [2.75, 3.05) is 0 Å². The molecule has 0 aromatic carbocycles. The number of nitriles is 1. The van der Waals surface area contributed by atoms with Gasteiger partial charge in [0, 0.05) is 11.5 Å². The molecule has 0 aromatic heterocycles. The van der Waals surface area contributed by atoms with Crippen LogP contribution in [0.1, 0.15) is 0 Å². The minimum absolute atomic E-state index is 0.0198. The third-order valence-corrected chi connectivity index (χ3v) is 4.65. The van der Waals surface area contributed by atoms with E-state index in [9.17, 15) is 9.59 Å². The average molecular weight is 227 g/mol. The summed E-state index contributed by atoms with van der Waals surface area (Å²) in [5, 5.41) is 8.99. The smallest absolute Gasteiger partial charge is 0.318 e. The Morgan fingerprint density at radius 1 is 1.00 bits per heavy atom. The van der Waals surface area contributed by atoms with Crippen LogP contribution >= 0.6 is 0 Å². The summed E-state index contributed by atoms with van der Waals surface area (Å²) in [6.07, 6.45) is 5.97. The van der Waals surface area contributed by atoms with Crippen LogP contribution in [0, 0.1) is 46.8 Å². The van der Waals surface area contributed by atoms with E-state index in [1.165, 1.54) is 0 Å². The fourth-order valence-electron chi connectivity index (χ4n) is 3.97. The lowest BCUT2D eigenvalue weighted by molar-refractivity contribution is -0.154. The zero-order chi connectivity index (χ0) is 11.7. The van der Waals surface area contributed by atoms with Gasteiger partial charge in [-0.3, -0.25) is 9.59 Å². The summed E-state index contributed by atoms with van der Waals surface area (Å²) in [7, 11) is 0. The van der Waals surface area contributed by atoms with Crippen molar-refractivity contribution in [1.82, 2.24) is 0 Å². The molecule has 1 heterocycles. The Morgan fingerprint density at radius 2 is 1.65 bits per heavy atom. The molecular formula is C13H9NO3. The minimum atomic E-state index is -0.401. The highest BCUT2D eigenvalue weighted by Crippen LogP contribution is 2.60. The molecular weight excluding hydrogens is 218 g/mol. The maximum Gasteiger partial charge on any atom is 0.318 e. The number of hydrogen-bond donors (Lipinski definition) is 0. The molecule has 4 heteroatoms. The van der Waals surface area contributed by atoms with Crippen molar-refractivity contribution >= 4 is 11.9 Å². The number of cyclic esters (lactones) is 2. The maximum absolute atomic E-state index is 11.7. The summed E-state index contributed by atoms with van der Waals surface area (Å²) in [6.45, 7) is 0. The van der Waals surface area contributed by atoms with Gasteiger partial charge in [-0.05, 0) is 17.8 Å². The van der Waals surface area contributed by atoms with Crippen molar-refractivity contribution in [3.63, 3.8) is 0 Å². The summed E-state index contributed by atoms with van der Waals surface area (Å²) in [5.41, 5.74) is 0.764. The lowest BCUT2D eigenvalue weighted by Gasteiger charge is -2.52. The second-order valence-corrected chi connectivity index (χ2v) is 5.17. The number of rotatable bonds is 0. The fraction of sp³-hybridized carbons (Fsp3) is 0.462. The zero-order valence-corrected chi connectivity index (χ0v) is 8.87. The molecule has 1 saturated heterocycles. The molecule has 0 aromatic rings. The van der Waals surface area contributed by atoms with Crippen LogP contribution in [0.4, 0.5) is 0 Å². The van der Waals surface area contributed by atoms with Crippen LogP contribution in [-0.2, 0) is 14.3 Å². The zero-order valence-electron chi connectivity index (χ0n) is 8.87. The molecule has 17 heavy (non-hydrogen) atoms. The molecule has 4 nitrogen and oxygen atoms in total. The highest BCUT2D eigenvalue weighted by Gasteiger charge is 2.63. The first-order chi connectivity index (χ1) is 8.22. The van der Waals surface area contributed by atoms with Crippen molar-refractivity contribution in [2.45, 2.75) is 0 Å². The van der Waals surface area contributed by atoms with E-state index in [0.29, 0.717) is 0 Å². The van der Waals surface area contributed by atoms with Crippen LogP contribution in [0.3, 0.4) is 0 Å². The van der Waals surface area contributed by atoms with E-state index in [1.54, 1.807) is 0 Å². The minimum Gasteiger partial charge on any atom is -0.393 e. The Labute approximate surface area is 97.5 Å². The highest BCUT2D eigenvalue weighted by molar-refractivity contribution is 5.98. The molecule has 1 saturated carbocycles. The van der Waals surface area contributed by atoms with Gasteiger partial charge in [0.1, 0.15) is 0 Å². The van der Waals surface area contributed by atoms with Gasteiger partial charge in [-0.25, -0.2) is 0 Å². The topological polar surface area (TPSA) is 67.2 Å². The molecule has 4 aliphatic carbocycles. The number of carbonyl (C=O) groups excluding carboxylic acids is 2. The Hall–Kier alpha value is -1.89. The summed E-state index contributed by atoms with van der Waals surface area (Å²) in [4.78, 5) is 23.4. The summed E-state index contributed by atoms with van der Waals surface area (Å²) in [5.74, 6) is -1.03. The standard InChI is InChI=1S/C13H9NO3/c14-4-5-3-8-6-1-2-7(9(5)8)11-10(6)12(15)17-13(11)16/h1-3,6-11H/t6-,7+,8-,9+,10-,11+/m1/s1. The van der Waals surface area contributed by atoms with Crippen LogP contribution in [0.15, 0.2) is 23.8 Å². The van der Waals surface area contributed by atoms with Crippen LogP contribution < -0.4 is 0 Å². The Balaban J connectivity index is 1.84. The number of ether oxygens (including phenoxy) is 1. The van der Waals surface area contributed by atoms with Gasteiger partial charge in [0.2, 0.25) is 0 Å². The van der Waals surface area contributed by atoms with Gasteiger partial charge in [-0.1, -0.05) is 18.2 Å². The van der Waals surface area contributed by atoms with E-state index in [0.717, 1.165) is 5.57 Å². The molecule has 0 unspecified atom stereocenters. The molecule has 0 amide bonds. The molecule has 2 bridgehead atoms. The summed E-state index contributed by atoms with van der Waals surface area (Å²) in [6, 6.07) is 2.18. The van der Waals surface area contributed by atoms with E-state index in [-0.39, 0.29) is 41.5 Å². The first kappa shape index (κ1) is 9.17. The molecule has 84 valence electrons. The van der Waals surface area contributed by atoms with Gasteiger partial charge in [0.05, 0.1) is 17.9 Å². The largest absolute Gasteiger partial charge is 0.393 e. The number of carbonyl (C=O) groups is 2. The Kier molecular flexibility index (Phi) is 1.44. The Bertz CT molecular complexity index is 554. The van der Waals surface area contributed by atoms with E-state index in [1.807, 2.05) is 18.2 Å². The van der Waals surface area contributed by atoms with Crippen molar-refractivity contribution < 1.29 is 14.3 Å². The highest BCUT2D eigenvalue weighted by atomic mass is 16.6. The number of hydrogen-bond acceptors (Lipinski definition) is 4. The van der Waals surface area contributed by atoms with Gasteiger partial charge in [0.15, 0.2) is 0 Å². The quantitative estimate of drug-likeness (QED) is 0.349. The second-order valence-electron chi connectivity index (χ2n) is 5.17. The fourth-order valence-corrected chi connectivity index (χ4v) is 3.97. The van der Waals surface area contributed by atoms with Crippen LogP contribution in [0.25, 0.3) is 0 Å². The monoisotopic (exact) mass is 227 g/mol. The lowest BCUT2D eigenvalue weighted by atomic mass is 9.48. The number of esters is 2. The lowest BCUT2D eigenvalue weighted by Crippen LogP contribution is -2.52. The van der Waals surface area contributed by atoms with Crippen molar-refractivity contribution in [1.29, 1.82) is 5.26 Å². The Morgan fingerprint density at radius 3 is 2.35 bits per heavy atom. The van der Waals surface area contributed by atoms with Gasteiger partial charge in [-0.2, -0.15) is 5.26 Å². The second kappa shape index (κ2) is 2.67. The van der Waals surface area contributed by atoms with Crippen LogP contribution in [0.2, 0.25) is 0 Å². The normalized spacial score (nSPS) is 48.8. The first-order valence-electron chi connectivity index (χ1n) is 5.78. The van der Waals surface area contributed by atoms with E-state index in [2.05, 4.69) is 6.07 Å². The van der Waals surface area contributed by atoms with Crippen LogP contribution in [0.5, 0.6) is 0 Å². The van der Waals surface area contributed by atoms with Gasteiger partial charge in [-0.15, -0.1) is 0 Å². The molecule has 0 N–H and O–H groups in total. The predicted octanol–water partition coefficient (Wildman–Crippen LogP) is 0.814. The molecule has 2 fully saturated rings. The third-order valence-electron chi connectivity index (χ3n) is 4.65. The van der Waals surface area contributed by atoms with Gasteiger partial charge >= 0.3 is 11.9 Å². The summed E-state index contributed by atoms with van der Waals surface area (Å²) < 4.78 is 4.76. The van der Waals surface area contributed by atoms with Gasteiger partial charge < -0.3 is 4.74 Å². The summed E-state index contributed by atoms with van der Waals surface area (Å²) >= 11 is 0. The number of nitrogens with zero attached hydrogens (tertiary/aromatic N) is 1. The molecule has 0 spiro atoms. The van der Waals surface area contributed by atoms with Crippen LogP contribution in [-0.4, -0.2) is 11.9 Å². The molecule has 6 atom stereocenters. The maximum atomic E-state index is 11.7. The SMILES string of the molecule is N#CC1=C[C@@H]2[C@H]3C=C[C@@H]([C@H]12)[C@@H]1C(=O)OC(=O)[C@H]31. The third kappa shape index (κ3) is 0.858. The molecule has 5 rings (SSSR count). The molecule has 1 aliphatic heterocycles. The van der Waals surface area contributed by atoms with Crippen molar-refractivity contribution in [3.05, 3.63) is 23.8 Å². The molecule has 0 radical (unpaired) electrons. The average Bonchev–Trinajstić information content (AvgIpc) is 2.57. The van der Waals surface area contributed by atoms with Gasteiger partial charge in [0.25, 0.3) is 0 Å². The van der Waals surface area contributed by atoms with E-state index < -0.39 is 5.97 Å². The first-order valence-corrected chi connectivity index (χ1v) is 5.78. The van der Waals surface area contributed by atoms with Crippen molar-refractivity contribution in [3.8, 4) is 6.07 Å². The number of allylic oxidation sites excluding steroid dienone is 4. The predicted molar refractivity (Wildman–Crippen MR) is 54.9 cm³/mol. The molecule has 5 aliphatic rings. The van der Waals surface area contributed by atoms with E-state index >= 15 is 0 Å². The van der Waals surface area contributed by atoms with Crippen molar-refractivity contribution in [2.24, 2.45) is 35.5 Å².